The van der Waals surface area contributed by atoms with Crippen LogP contribution in [-0.4, -0.2) is 35.0 Å². The number of piperidine rings is 1. The maximum Gasteiger partial charge on any atom is 0.586 e. The quantitative estimate of drug-likeness (QED) is 0.783. The molecule has 3 heterocycles. The highest BCUT2D eigenvalue weighted by Gasteiger charge is 2.43. The van der Waals surface area contributed by atoms with Crippen LogP contribution >= 0.6 is 0 Å². The SMILES string of the molecule is O=C1CCC(N2Cc3cc(-c4ccc5c(c4)OC(F)(F)O5)ccc3C2=O)C(=O)N1. The minimum absolute atomic E-state index is 0.0425. The van der Waals surface area contributed by atoms with Crippen molar-refractivity contribution < 1.29 is 32.6 Å². The van der Waals surface area contributed by atoms with Crippen molar-refractivity contribution in [2.45, 2.75) is 31.7 Å². The van der Waals surface area contributed by atoms with Gasteiger partial charge in [-0.2, -0.15) is 0 Å². The molecule has 0 radical (unpaired) electrons. The van der Waals surface area contributed by atoms with E-state index in [-0.39, 0.29) is 42.7 Å². The zero-order valence-corrected chi connectivity index (χ0v) is 14.9. The van der Waals surface area contributed by atoms with Gasteiger partial charge in [0.2, 0.25) is 11.8 Å². The van der Waals surface area contributed by atoms with Crippen molar-refractivity contribution in [1.29, 1.82) is 0 Å². The van der Waals surface area contributed by atoms with Crippen molar-refractivity contribution in [3.05, 3.63) is 47.5 Å². The molecule has 0 saturated carbocycles. The first kappa shape index (κ1) is 17.6. The third-order valence-corrected chi connectivity index (χ3v) is 5.26. The number of carbonyl (C=O) groups is 3. The summed E-state index contributed by atoms with van der Waals surface area (Å²) in [7, 11) is 0. The average molecular weight is 400 g/mol. The molecule has 0 aromatic heterocycles. The summed E-state index contributed by atoms with van der Waals surface area (Å²) in [6, 6.07) is 8.93. The predicted molar refractivity (Wildman–Crippen MR) is 94.1 cm³/mol. The van der Waals surface area contributed by atoms with Crippen molar-refractivity contribution in [2.75, 3.05) is 0 Å². The number of nitrogens with zero attached hydrogens (tertiary/aromatic N) is 1. The first-order valence-corrected chi connectivity index (χ1v) is 8.98. The second kappa shape index (κ2) is 6.00. The Morgan fingerprint density at radius 1 is 1.00 bits per heavy atom. The van der Waals surface area contributed by atoms with Gasteiger partial charge in [0, 0.05) is 18.5 Å². The molecule has 3 amide bonds. The Balaban J connectivity index is 1.42. The van der Waals surface area contributed by atoms with E-state index in [9.17, 15) is 23.2 Å². The highest BCUT2D eigenvalue weighted by atomic mass is 19.3. The second-order valence-electron chi connectivity index (χ2n) is 7.10. The molecule has 148 valence electrons. The van der Waals surface area contributed by atoms with Gasteiger partial charge in [-0.25, -0.2) is 0 Å². The summed E-state index contributed by atoms with van der Waals surface area (Å²) in [5, 5.41) is 2.26. The van der Waals surface area contributed by atoms with Gasteiger partial charge < -0.3 is 14.4 Å². The molecule has 5 rings (SSSR count). The molecule has 1 atom stereocenters. The monoisotopic (exact) mass is 400 g/mol. The molecule has 2 aromatic rings. The van der Waals surface area contributed by atoms with Crippen LogP contribution < -0.4 is 14.8 Å². The van der Waals surface area contributed by atoms with Crippen LogP contribution in [0.2, 0.25) is 0 Å². The fourth-order valence-electron chi connectivity index (χ4n) is 3.88. The summed E-state index contributed by atoms with van der Waals surface area (Å²) < 4.78 is 35.4. The normalized spacial score (nSPS) is 21.9. The van der Waals surface area contributed by atoms with Crippen molar-refractivity contribution in [2.24, 2.45) is 0 Å². The van der Waals surface area contributed by atoms with E-state index in [0.29, 0.717) is 16.7 Å². The Hall–Kier alpha value is -3.49. The zero-order chi connectivity index (χ0) is 20.3. The molecule has 3 aliphatic heterocycles. The van der Waals surface area contributed by atoms with Crippen molar-refractivity contribution in [3.63, 3.8) is 0 Å². The Morgan fingerprint density at radius 3 is 2.52 bits per heavy atom. The fraction of sp³-hybridized carbons (Fsp3) is 0.250. The maximum absolute atomic E-state index is 13.2. The summed E-state index contributed by atoms with van der Waals surface area (Å²) in [6.07, 6.45) is -3.22. The van der Waals surface area contributed by atoms with Gasteiger partial charge in [0.1, 0.15) is 6.04 Å². The molecule has 1 unspecified atom stereocenters. The number of amides is 3. The Morgan fingerprint density at radius 2 is 1.72 bits per heavy atom. The van der Waals surface area contributed by atoms with Crippen LogP contribution in [0.4, 0.5) is 8.78 Å². The second-order valence-corrected chi connectivity index (χ2v) is 7.10. The number of benzene rings is 2. The lowest BCUT2D eigenvalue weighted by molar-refractivity contribution is -0.286. The molecule has 1 fully saturated rings. The third-order valence-electron chi connectivity index (χ3n) is 5.26. The molecule has 0 bridgehead atoms. The van der Waals surface area contributed by atoms with E-state index in [2.05, 4.69) is 14.8 Å². The van der Waals surface area contributed by atoms with Gasteiger partial charge in [0.25, 0.3) is 5.91 Å². The molecule has 2 aromatic carbocycles. The van der Waals surface area contributed by atoms with E-state index in [1.165, 1.54) is 17.0 Å². The molecule has 7 nitrogen and oxygen atoms in total. The molecular weight excluding hydrogens is 386 g/mol. The Bertz CT molecular complexity index is 1080. The van der Waals surface area contributed by atoms with Crippen molar-refractivity contribution in [3.8, 4) is 22.6 Å². The van der Waals surface area contributed by atoms with Gasteiger partial charge in [0.15, 0.2) is 11.5 Å². The van der Waals surface area contributed by atoms with Gasteiger partial charge in [-0.3, -0.25) is 19.7 Å². The van der Waals surface area contributed by atoms with Gasteiger partial charge >= 0.3 is 6.29 Å². The van der Waals surface area contributed by atoms with E-state index in [0.717, 1.165) is 5.56 Å². The molecule has 1 saturated heterocycles. The highest BCUT2D eigenvalue weighted by molar-refractivity contribution is 6.05. The minimum atomic E-state index is -3.69. The maximum atomic E-state index is 13.2. The number of rotatable bonds is 2. The lowest BCUT2D eigenvalue weighted by atomic mass is 10.00. The molecule has 29 heavy (non-hydrogen) atoms. The van der Waals surface area contributed by atoms with E-state index in [1.54, 1.807) is 24.3 Å². The number of carbonyl (C=O) groups excluding carboxylic acids is 3. The van der Waals surface area contributed by atoms with Crippen LogP contribution in [0.15, 0.2) is 36.4 Å². The molecule has 9 heteroatoms. The van der Waals surface area contributed by atoms with Gasteiger partial charge in [-0.1, -0.05) is 12.1 Å². The van der Waals surface area contributed by atoms with Crippen LogP contribution in [0.5, 0.6) is 11.5 Å². The number of imide groups is 1. The molecule has 0 spiro atoms. The van der Waals surface area contributed by atoms with Crippen LogP contribution in [0.1, 0.15) is 28.8 Å². The van der Waals surface area contributed by atoms with Crippen LogP contribution in [0.25, 0.3) is 11.1 Å². The van der Waals surface area contributed by atoms with Crippen LogP contribution in [0, 0.1) is 0 Å². The summed E-state index contributed by atoms with van der Waals surface area (Å²) in [6.45, 7) is 0.233. The first-order valence-electron chi connectivity index (χ1n) is 8.98. The van der Waals surface area contributed by atoms with E-state index < -0.39 is 18.2 Å². The predicted octanol–water partition coefficient (Wildman–Crippen LogP) is 2.44. The van der Waals surface area contributed by atoms with Gasteiger partial charge in [-0.05, 0) is 47.4 Å². The smallest absolute Gasteiger partial charge is 0.395 e. The van der Waals surface area contributed by atoms with E-state index in [1.807, 2.05) is 0 Å². The van der Waals surface area contributed by atoms with Crippen molar-refractivity contribution in [1.82, 2.24) is 10.2 Å². The number of ether oxygens (including phenoxy) is 2. The minimum Gasteiger partial charge on any atom is -0.395 e. The standard InChI is InChI=1S/C20H14F2N2O5/c21-20(22)28-15-5-2-11(8-16(15)29-20)10-1-3-13-12(7-10)9-24(19(13)27)14-4-6-17(25)23-18(14)26/h1-3,5,7-8,14H,4,6,9H2,(H,23,25,26). The lowest BCUT2D eigenvalue weighted by Crippen LogP contribution is -2.52. The lowest BCUT2D eigenvalue weighted by Gasteiger charge is -2.29. The van der Waals surface area contributed by atoms with Crippen LogP contribution in [-0.2, 0) is 16.1 Å². The fourth-order valence-corrected chi connectivity index (χ4v) is 3.88. The van der Waals surface area contributed by atoms with Crippen LogP contribution in [0.3, 0.4) is 0 Å². The highest BCUT2D eigenvalue weighted by Crippen LogP contribution is 2.43. The number of nitrogens with one attached hydrogen (secondary N) is 1. The summed E-state index contributed by atoms with van der Waals surface area (Å²) in [4.78, 5) is 37.7. The topological polar surface area (TPSA) is 84.9 Å². The zero-order valence-electron chi connectivity index (χ0n) is 14.9. The number of alkyl halides is 2. The Kier molecular flexibility index (Phi) is 3.64. The average Bonchev–Trinajstić information content (AvgIpc) is 3.15. The third kappa shape index (κ3) is 2.89. The summed E-state index contributed by atoms with van der Waals surface area (Å²) >= 11 is 0. The molecule has 1 N–H and O–H groups in total. The van der Waals surface area contributed by atoms with Gasteiger partial charge in [-0.15, -0.1) is 8.78 Å². The van der Waals surface area contributed by atoms with Gasteiger partial charge in [0.05, 0.1) is 0 Å². The number of hydrogen-bond acceptors (Lipinski definition) is 5. The van der Waals surface area contributed by atoms with Crippen molar-refractivity contribution >= 4 is 17.7 Å². The molecule has 3 aliphatic rings. The number of hydrogen-bond donors (Lipinski definition) is 1. The Labute approximate surface area is 163 Å². The largest absolute Gasteiger partial charge is 0.586 e. The first-order chi connectivity index (χ1) is 13.8. The number of fused-ring (bicyclic) bond motifs is 2. The molecular formula is C20H14F2N2O5. The summed E-state index contributed by atoms with van der Waals surface area (Å²) in [5.41, 5.74) is 2.54. The van der Waals surface area contributed by atoms with E-state index in [4.69, 9.17) is 0 Å². The number of halogens is 2. The molecule has 0 aliphatic carbocycles. The summed E-state index contributed by atoms with van der Waals surface area (Å²) in [5.74, 6) is -1.19. The van der Waals surface area contributed by atoms with E-state index >= 15 is 0 Å².